The molecule has 0 bridgehead atoms. The van der Waals surface area contributed by atoms with Crippen LogP contribution in [0.5, 0.6) is 0 Å². The van der Waals surface area contributed by atoms with E-state index in [1.807, 2.05) is 11.9 Å². The summed E-state index contributed by atoms with van der Waals surface area (Å²) in [5, 5.41) is 3.05. The molecule has 0 spiro atoms. The van der Waals surface area contributed by atoms with Crippen molar-refractivity contribution in [2.45, 2.75) is 13.0 Å². The molecule has 0 aliphatic carbocycles. The molecule has 12 heavy (non-hydrogen) atoms. The van der Waals surface area contributed by atoms with Crippen molar-refractivity contribution >= 4 is 5.91 Å². The average Bonchev–Trinajstić information content (AvgIpc) is 2.05. The van der Waals surface area contributed by atoms with E-state index in [0.29, 0.717) is 13.2 Å². The highest BCUT2D eigenvalue weighted by atomic mass is 16.5. The van der Waals surface area contributed by atoms with Crippen LogP contribution in [0.3, 0.4) is 0 Å². The predicted molar refractivity (Wildman–Crippen MR) is 45.9 cm³/mol. The molecule has 1 N–H and O–H groups in total. The van der Waals surface area contributed by atoms with Crippen LogP contribution in [0.25, 0.3) is 0 Å². The predicted octanol–water partition coefficient (Wildman–Crippen LogP) is -0.547. The third kappa shape index (κ3) is 2.19. The molecule has 0 unspecified atom stereocenters. The van der Waals surface area contributed by atoms with E-state index in [1.165, 1.54) is 0 Å². The van der Waals surface area contributed by atoms with E-state index in [-0.39, 0.29) is 11.9 Å². The Morgan fingerprint density at radius 1 is 1.75 bits per heavy atom. The molecular weight excluding hydrogens is 156 g/mol. The lowest BCUT2D eigenvalue weighted by atomic mass is 10.2. The van der Waals surface area contributed by atoms with Gasteiger partial charge in [-0.25, -0.2) is 0 Å². The molecule has 0 aromatic carbocycles. The fourth-order valence-electron chi connectivity index (χ4n) is 1.47. The number of nitrogens with zero attached hydrogens (tertiary/aromatic N) is 1. The Hall–Kier alpha value is -0.610. The van der Waals surface area contributed by atoms with E-state index in [0.717, 1.165) is 13.1 Å². The van der Waals surface area contributed by atoms with Gasteiger partial charge in [-0.15, -0.1) is 0 Å². The summed E-state index contributed by atoms with van der Waals surface area (Å²) < 4.78 is 5.28. The van der Waals surface area contributed by atoms with Gasteiger partial charge in [0.15, 0.2) is 0 Å². The molecule has 4 heteroatoms. The Labute approximate surface area is 72.9 Å². The fourth-order valence-corrected chi connectivity index (χ4v) is 1.47. The van der Waals surface area contributed by atoms with Gasteiger partial charge in [0.2, 0.25) is 5.91 Å². The van der Waals surface area contributed by atoms with Crippen molar-refractivity contribution in [1.82, 2.24) is 10.2 Å². The topological polar surface area (TPSA) is 41.6 Å². The van der Waals surface area contributed by atoms with E-state index in [2.05, 4.69) is 5.32 Å². The zero-order valence-electron chi connectivity index (χ0n) is 7.67. The summed E-state index contributed by atoms with van der Waals surface area (Å²) in [6, 6.07) is 0.209. The van der Waals surface area contributed by atoms with Gasteiger partial charge in [-0.05, 0) is 7.05 Å². The Morgan fingerprint density at radius 3 is 3.08 bits per heavy atom. The summed E-state index contributed by atoms with van der Waals surface area (Å²) in [6.07, 6.45) is 0. The molecule has 1 amide bonds. The van der Waals surface area contributed by atoms with Gasteiger partial charge in [-0.2, -0.15) is 0 Å². The highest BCUT2D eigenvalue weighted by Crippen LogP contribution is 2.05. The molecule has 0 saturated carbocycles. The minimum atomic E-state index is 0.138. The number of amides is 1. The maximum absolute atomic E-state index is 11.1. The zero-order valence-corrected chi connectivity index (χ0v) is 7.67. The van der Waals surface area contributed by atoms with Crippen molar-refractivity contribution < 1.29 is 9.53 Å². The molecule has 0 aromatic rings. The number of morpholine rings is 1. The Balaban J connectivity index is 2.48. The van der Waals surface area contributed by atoms with Crippen LogP contribution in [-0.2, 0) is 9.53 Å². The summed E-state index contributed by atoms with van der Waals surface area (Å²) in [5.74, 6) is 0.138. The fraction of sp³-hybridized carbons (Fsp3) is 0.875. The van der Waals surface area contributed by atoms with E-state index in [1.54, 1.807) is 6.92 Å². The molecule has 0 aromatic heterocycles. The first kappa shape index (κ1) is 9.48. The largest absolute Gasteiger partial charge is 0.377 e. The Bertz CT molecular complexity index is 159. The molecule has 1 rings (SSSR count). The first-order chi connectivity index (χ1) is 5.75. The highest BCUT2D eigenvalue weighted by molar-refractivity contribution is 5.73. The number of carbonyl (C=O) groups is 1. The molecule has 0 radical (unpaired) electrons. The van der Waals surface area contributed by atoms with Gasteiger partial charge in [0, 0.05) is 20.0 Å². The van der Waals surface area contributed by atoms with Gasteiger partial charge in [0.25, 0.3) is 0 Å². The Kier molecular flexibility index (Phi) is 3.49. The van der Waals surface area contributed by atoms with Gasteiger partial charge in [0.1, 0.15) is 0 Å². The van der Waals surface area contributed by atoms with Crippen LogP contribution in [0.1, 0.15) is 6.92 Å². The summed E-state index contributed by atoms with van der Waals surface area (Å²) in [5.41, 5.74) is 0. The third-order valence-electron chi connectivity index (χ3n) is 2.07. The lowest BCUT2D eigenvalue weighted by Gasteiger charge is -2.34. The van der Waals surface area contributed by atoms with E-state index in [4.69, 9.17) is 4.74 Å². The number of carbonyl (C=O) groups excluding carboxylic acids is 1. The maximum atomic E-state index is 11.1. The van der Waals surface area contributed by atoms with Crippen LogP contribution in [0.15, 0.2) is 0 Å². The lowest BCUT2D eigenvalue weighted by molar-refractivity contribution is -0.137. The van der Waals surface area contributed by atoms with Crippen LogP contribution in [0, 0.1) is 0 Å². The van der Waals surface area contributed by atoms with Gasteiger partial charge in [-0.3, -0.25) is 4.79 Å². The molecule has 1 saturated heterocycles. The number of hydrogen-bond donors (Lipinski definition) is 1. The standard InChI is InChI=1S/C8H16N2O2/c1-7(11)10-3-4-12-6-8(10)5-9-2/h8-9H,3-6H2,1-2H3/t8-/m1/s1. The van der Waals surface area contributed by atoms with Crippen molar-refractivity contribution in [3.05, 3.63) is 0 Å². The summed E-state index contributed by atoms with van der Waals surface area (Å²) >= 11 is 0. The van der Waals surface area contributed by atoms with E-state index in [9.17, 15) is 4.79 Å². The number of nitrogens with one attached hydrogen (secondary N) is 1. The van der Waals surface area contributed by atoms with Gasteiger partial charge >= 0.3 is 0 Å². The monoisotopic (exact) mass is 172 g/mol. The van der Waals surface area contributed by atoms with E-state index >= 15 is 0 Å². The average molecular weight is 172 g/mol. The normalized spacial score (nSPS) is 24.2. The second kappa shape index (κ2) is 4.42. The second-order valence-corrected chi connectivity index (χ2v) is 3.00. The van der Waals surface area contributed by atoms with Crippen LogP contribution < -0.4 is 5.32 Å². The van der Waals surface area contributed by atoms with E-state index < -0.39 is 0 Å². The molecule has 1 aliphatic heterocycles. The van der Waals surface area contributed by atoms with Crippen molar-refractivity contribution in [3.8, 4) is 0 Å². The molecule has 70 valence electrons. The van der Waals surface area contributed by atoms with Gasteiger partial charge in [0.05, 0.1) is 19.3 Å². The minimum absolute atomic E-state index is 0.138. The second-order valence-electron chi connectivity index (χ2n) is 3.00. The number of ether oxygens (including phenoxy) is 1. The number of likely N-dealkylation sites (N-methyl/N-ethyl adjacent to an activating group) is 1. The number of hydrogen-bond acceptors (Lipinski definition) is 3. The van der Waals surface area contributed by atoms with Crippen molar-refractivity contribution in [2.24, 2.45) is 0 Å². The van der Waals surface area contributed by atoms with Crippen molar-refractivity contribution in [3.63, 3.8) is 0 Å². The van der Waals surface area contributed by atoms with Crippen LogP contribution in [-0.4, -0.2) is 50.2 Å². The lowest BCUT2D eigenvalue weighted by Crippen LogP contribution is -2.51. The summed E-state index contributed by atoms with van der Waals surface area (Å²) in [7, 11) is 1.88. The number of rotatable bonds is 2. The van der Waals surface area contributed by atoms with Crippen LogP contribution in [0.2, 0.25) is 0 Å². The smallest absolute Gasteiger partial charge is 0.219 e. The van der Waals surface area contributed by atoms with Crippen LogP contribution >= 0.6 is 0 Å². The zero-order chi connectivity index (χ0) is 8.97. The highest BCUT2D eigenvalue weighted by Gasteiger charge is 2.23. The Morgan fingerprint density at radius 2 is 2.50 bits per heavy atom. The minimum Gasteiger partial charge on any atom is -0.377 e. The molecular formula is C8H16N2O2. The molecule has 1 atom stereocenters. The SMILES string of the molecule is CNC[C@@H]1COCCN1C(C)=O. The van der Waals surface area contributed by atoms with Crippen molar-refractivity contribution in [2.75, 3.05) is 33.4 Å². The first-order valence-electron chi connectivity index (χ1n) is 4.25. The quantitative estimate of drug-likeness (QED) is 0.608. The molecule has 1 heterocycles. The summed E-state index contributed by atoms with van der Waals surface area (Å²) in [6.45, 7) is 4.45. The third-order valence-corrected chi connectivity index (χ3v) is 2.07. The van der Waals surface area contributed by atoms with Gasteiger partial charge < -0.3 is 15.0 Å². The van der Waals surface area contributed by atoms with Gasteiger partial charge in [-0.1, -0.05) is 0 Å². The first-order valence-corrected chi connectivity index (χ1v) is 4.25. The van der Waals surface area contributed by atoms with Crippen molar-refractivity contribution in [1.29, 1.82) is 0 Å². The maximum Gasteiger partial charge on any atom is 0.219 e. The van der Waals surface area contributed by atoms with Crippen LogP contribution in [0.4, 0.5) is 0 Å². The molecule has 4 nitrogen and oxygen atoms in total. The summed E-state index contributed by atoms with van der Waals surface area (Å²) in [4.78, 5) is 13.0. The molecule has 1 fully saturated rings. The molecule has 1 aliphatic rings.